The topological polar surface area (TPSA) is 116 Å². The molecular formula is C28H31ClFN7O2S. The van der Waals surface area contributed by atoms with Crippen LogP contribution in [0.5, 0.6) is 0 Å². The highest BCUT2D eigenvalue weighted by atomic mass is 35.5. The Balaban J connectivity index is 0.00000370. The number of nitrogens with two attached hydrogens (primary N) is 1. The molecule has 40 heavy (non-hydrogen) atoms. The Morgan fingerprint density at radius 1 is 1.05 bits per heavy atom. The molecule has 1 atom stereocenters. The predicted molar refractivity (Wildman–Crippen MR) is 161 cm³/mol. The Bertz CT molecular complexity index is 1600. The second-order valence-electron chi connectivity index (χ2n) is 9.80. The van der Waals surface area contributed by atoms with E-state index in [1.54, 1.807) is 42.6 Å². The molecule has 210 valence electrons. The van der Waals surface area contributed by atoms with Gasteiger partial charge < -0.3 is 20.4 Å². The van der Waals surface area contributed by atoms with Gasteiger partial charge in [0.25, 0.3) is 0 Å². The van der Waals surface area contributed by atoms with E-state index >= 15 is 0 Å². The molecule has 0 bridgehead atoms. The van der Waals surface area contributed by atoms with Crippen molar-refractivity contribution in [2.45, 2.75) is 18.0 Å². The summed E-state index contributed by atoms with van der Waals surface area (Å²) in [6, 6.07) is 21.3. The first-order valence-corrected chi connectivity index (χ1v) is 14.3. The molecule has 1 unspecified atom stereocenters. The highest BCUT2D eigenvalue weighted by molar-refractivity contribution is 7.89. The lowest BCUT2D eigenvalue weighted by Gasteiger charge is -2.34. The maximum absolute atomic E-state index is 13.4. The first-order chi connectivity index (χ1) is 18.5. The molecule has 2 heterocycles. The van der Waals surface area contributed by atoms with Gasteiger partial charge in [0.05, 0.1) is 17.1 Å². The second-order valence-corrected chi connectivity index (χ2v) is 11.9. The first kappa shape index (κ1) is 29.1. The number of aromatic nitrogens is 2. The molecule has 9 nitrogen and oxygen atoms in total. The number of nitrogens with zero attached hydrogens (tertiary/aromatic N) is 4. The number of nitrogens with one attached hydrogen (secondary N) is 2. The van der Waals surface area contributed by atoms with Crippen LogP contribution in [-0.4, -0.2) is 44.5 Å². The minimum Gasteiger partial charge on any atom is -0.348 e. The SMILES string of the molecule is CN(c1ccc2c(c1)NC(N)(Cc1ccc(F)cc1)N2C)c1ccnc(Nc2ccc(CS(C)(=O)=O)cc2)n1.Cl. The van der Waals surface area contributed by atoms with E-state index in [1.807, 2.05) is 48.2 Å². The molecule has 0 aliphatic carbocycles. The van der Waals surface area contributed by atoms with Gasteiger partial charge in [0, 0.05) is 44.3 Å². The van der Waals surface area contributed by atoms with Gasteiger partial charge in [-0.05, 0) is 59.7 Å². The molecule has 5 rings (SSSR count). The van der Waals surface area contributed by atoms with Gasteiger partial charge in [-0.25, -0.2) is 17.8 Å². The average molecular weight is 584 g/mol. The largest absolute Gasteiger partial charge is 0.348 e. The van der Waals surface area contributed by atoms with Gasteiger partial charge in [0.2, 0.25) is 5.95 Å². The molecule has 3 aromatic carbocycles. The smallest absolute Gasteiger partial charge is 0.229 e. The lowest BCUT2D eigenvalue weighted by Crippen LogP contribution is -2.58. The Morgan fingerprint density at radius 2 is 1.73 bits per heavy atom. The van der Waals surface area contributed by atoms with Crippen molar-refractivity contribution in [2.75, 3.05) is 40.8 Å². The van der Waals surface area contributed by atoms with Crippen LogP contribution in [0.15, 0.2) is 79.0 Å². The quantitative estimate of drug-likeness (QED) is 0.269. The molecule has 12 heteroatoms. The number of halogens is 2. The molecule has 4 N–H and O–H groups in total. The van der Waals surface area contributed by atoms with Crippen LogP contribution in [0.3, 0.4) is 0 Å². The molecule has 0 spiro atoms. The van der Waals surface area contributed by atoms with E-state index in [9.17, 15) is 12.8 Å². The fourth-order valence-corrected chi connectivity index (χ4v) is 5.38. The zero-order valence-corrected chi connectivity index (χ0v) is 23.9. The highest BCUT2D eigenvalue weighted by Gasteiger charge is 2.38. The standard InChI is InChI=1S/C28H30FN7O2S.ClH/c1-35(26-14-15-31-27(33-26)32-22-10-6-20(7-11-22)18-39(3,37)38)23-12-13-25-24(16-23)34-28(30,36(25)2)17-19-4-8-21(29)9-5-19;/h4-16,34H,17-18,30H2,1-3H3,(H,31,32,33);1H. The summed E-state index contributed by atoms with van der Waals surface area (Å²) in [5, 5.41) is 6.60. The number of rotatable bonds is 8. The monoisotopic (exact) mass is 583 g/mol. The van der Waals surface area contributed by atoms with E-state index < -0.39 is 15.6 Å². The number of anilines is 6. The third-order valence-corrected chi connectivity index (χ3v) is 7.55. The molecule has 1 aromatic heterocycles. The Morgan fingerprint density at radius 3 is 2.40 bits per heavy atom. The molecule has 1 aliphatic rings. The van der Waals surface area contributed by atoms with Crippen LogP contribution in [0.2, 0.25) is 0 Å². The van der Waals surface area contributed by atoms with Crippen molar-refractivity contribution in [1.82, 2.24) is 9.97 Å². The number of hydrogen-bond acceptors (Lipinski definition) is 9. The van der Waals surface area contributed by atoms with E-state index in [2.05, 4.69) is 20.6 Å². The predicted octanol–water partition coefficient (Wildman–Crippen LogP) is 4.81. The number of fused-ring (bicyclic) bond motifs is 1. The maximum Gasteiger partial charge on any atom is 0.229 e. The summed E-state index contributed by atoms with van der Waals surface area (Å²) in [6.45, 7) is 0. The normalized spacial score (nSPS) is 16.1. The molecule has 4 aromatic rings. The Hall–Kier alpha value is -3.93. The molecule has 0 radical (unpaired) electrons. The van der Waals surface area contributed by atoms with Gasteiger partial charge in [0.1, 0.15) is 11.6 Å². The summed E-state index contributed by atoms with van der Waals surface area (Å²) in [5.74, 6) is -0.0563. The van der Waals surface area contributed by atoms with E-state index in [1.165, 1.54) is 18.4 Å². The van der Waals surface area contributed by atoms with Crippen molar-refractivity contribution in [2.24, 2.45) is 5.73 Å². The van der Waals surface area contributed by atoms with E-state index in [-0.39, 0.29) is 24.0 Å². The van der Waals surface area contributed by atoms with E-state index in [0.717, 1.165) is 28.3 Å². The number of sulfone groups is 1. The zero-order chi connectivity index (χ0) is 27.8. The highest BCUT2D eigenvalue weighted by Crippen LogP contribution is 2.41. The fourth-order valence-electron chi connectivity index (χ4n) is 4.58. The fraction of sp³-hybridized carbons (Fsp3) is 0.214. The van der Waals surface area contributed by atoms with Crippen molar-refractivity contribution in [3.8, 4) is 0 Å². The average Bonchev–Trinajstić information content (AvgIpc) is 3.14. The summed E-state index contributed by atoms with van der Waals surface area (Å²) < 4.78 is 36.4. The summed E-state index contributed by atoms with van der Waals surface area (Å²) in [6.07, 6.45) is 3.37. The molecule has 0 saturated carbocycles. The summed E-state index contributed by atoms with van der Waals surface area (Å²) >= 11 is 0. The van der Waals surface area contributed by atoms with Gasteiger partial charge in [0.15, 0.2) is 15.6 Å². The van der Waals surface area contributed by atoms with Crippen LogP contribution in [0.1, 0.15) is 11.1 Å². The first-order valence-electron chi connectivity index (χ1n) is 12.3. The molecule has 0 amide bonds. The molecule has 0 fully saturated rings. The number of likely N-dealkylation sites (N-methyl/N-ethyl adjacent to an activating group) is 1. The van der Waals surface area contributed by atoms with E-state index in [0.29, 0.717) is 23.8 Å². The van der Waals surface area contributed by atoms with Gasteiger partial charge >= 0.3 is 0 Å². The summed E-state index contributed by atoms with van der Waals surface area (Å²) in [7, 11) is 0.753. The van der Waals surface area contributed by atoms with Crippen molar-refractivity contribution in [3.63, 3.8) is 0 Å². The van der Waals surface area contributed by atoms with Crippen LogP contribution in [0, 0.1) is 5.82 Å². The van der Waals surface area contributed by atoms with Crippen molar-refractivity contribution >= 4 is 56.8 Å². The van der Waals surface area contributed by atoms with Crippen LogP contribution in [0.4, 0.5) is 38.9 Å². The number of hydrogen-bond donors (Lipinski definition) is 3. The maximum atomic E-state index is 13.4. The van der Waals surface area contributed by atoms with Crippen LogP contribution < -0.4 is 26.2 Å². The van der Waals surface area contributed by atoms with Gasteiger partial charge in [-0.1, -0.05) is 24.3 Å². The minimum atomic E-state index is -3.10. The van der Waals surface area contributed by atoms with Crippen molar-refractivity contribution < 1.29 is 12.8 Å². The zero-order valence-electron chi connectivity index (χ0n) is 22.3. The summed E-state index contributed by atoms with van der Waals surface area (Å²) in [4.78, 5) is 12.9. The van der Waals surface area contributed by atoms with E-state index in [4.69, 9.17) is 5.73 Å². The lowest BCUT2D eigenvalue weighted by molar-refractivity contribution is 0.491. The third kappa shape index (κ3) is 6.44. The Labute approximate surface area is 239 Å². The summed E-state index contributed by atoms with van der Waals surface area (Å²) in [5.41, 5.74) is 11.9. The van der Waals surface area contributed by atoms with Crippen molar-refractivity contribution in [3.05, 3.63) is 95.9 Å². The van der Waals surface area contributed by atoms with Crippen LogP contribution >= 0.6 is 12.4 Å². The second kappa shape index (κ2) is 11.3. The van der Waals surface area contributed by atoms with Gasteiger partial charge in [-0.15, -0.1) is 12.4 Å². The van der Waals surface area contributed by atoms with Crippen molar-refractivity contribution in [1.29, 1.82) is 0 Å². The third-order valence-electron chi connectivity index (χ3n) is 6.69. The van der Waals surface area contributed by atoms with Crippen LogP contribution in [0.25, 0.3) is 0 Å². The molecular weight excluding hydrogens is 553 g/mol. The number of benzene rings is 3. The lowest BCUT2D eigenvalue weighted by atomic mass is 10.1. The van der Waals surface area contributed by atoms with Crippen LogP contribution in [-0.2, 0) is 22.0 Å². The Kier molecular flexibility index (Phi) is 8.20. The minimum absolute atomic E-state index is 0. The molecule has 0 saturated heterocycles. The van der Waals surface area contributed by atoms with Gasteiger partial charge in [-0.2, -0.15) is 4.98 Å². The van der Waals surface area contributed by atoms with Gasteiger partial charge in [-0.3, -0.25) is 5.73 Å². The molecule has 1 aliphatic heterocycles.